The molecule has 0 bridgehead atoms. The molecule has 0 fully saturated rings. The van der Waals surface area contributed by atoms with Crippen LogP contribution in [-0.2, 0) is 4.57 Å². The van der Waals surface area contributed by atoms with Crippen molar-refractivity contribution in [1.29, 1.82) is 0 Å². The fourth-order valence-corrected chi connectivity index (χ4v) is 1.37. The number of carboxylic acid groups (broad SMARTS) is 1. The van der Waals surface area contributed by atoms with E-state index in [2.05, 4.69) is 15.4 Å². The van der Waals surface area contributed by atoms with Gasteiger partial charge in [-0.05, 0) is 24.3 Å². The number of H-pyrrole nitrogens is 1. The van der Waals surface area contributed by atoms with E-state index in [4.69, 9.17) is 24.4 Å². The van der Waals surface area contributed by atoms with Gasteiger partial charge in [0.2, 0.25) is 0 Å². The van der Waals surface area contributed by atoms with Crippen LogP contribution in [0.4, 0.5) is 0 Å². The van der Waals surface area contributed by atoms with E-state index in [9.17, 15) is 4.79 Å². The molecule has 25 heavy (non-hydrogen) atoms. The number of aromatic amines is 1. The van der Waals surface area contributed by atoms with E-state index in [1.807, 2.05) is 24.3 Å². The Morgan fingerprint density at radius 1 is 0.920 bits per heavy atom. The Labute approximate surface area is 187 Å². The number of rotatable bonds is 1. The fraction of sp³-hybridized carbons (Fsp3) is 0. The van der Waals surface area contributed by atoms with Crippen LogP contribution >= 0.6 is 7.82 Å². The van der Waals surface area contributed by atoms with Gasteiger partial charge in [-0.2, -0.15) is 15.4 Å². The normalized spacial score (nSPS) is 9.24. The van der Waals surface area contributed by atoms with E-state index < -0.39 is 13.8 Å². The molecule has 1 heterocycles. The van der Waals surface area contributed by atoms with E-state index >= 15 is 0 Å². The zero-order valence-corrected chi connectivity index (χ0v) is 18.5. The topological polar surface area (TPSA) is 162 Å². The summed E-state index contributed by atoms with van der Waals surface area (Å²) in [6.07, 6.45) is 0. The maximum absolute atomic E-state index is 10.2. The number of hydrogen-bond acceptors (Lipinski definition) is 6. The monoisotopic (exact) mass is 383 g/mol. The molecular weight excluding hydrogens is 371 g/mol. The van der Waals surface area contributed by atoms with Crippen molar-refractivity contribution in [2.24, 2.45) is 0 Å². The van der Waals surface area contributed by atoms with Crippen molar-refractivity contribution < 1.29 is 88.3 Å². The van der Waals surface area contributed by atoms with Gasteiger partial charge in [0.1, 0.15) is 11.0 Å². The average molecular weight is 383 g/mol. The summed E-state index contributed by atoms with van der Waals surface area (Å²) in [6.45, 7) is 0. The van der Waals surface area contributed by atoms with Crippen LogP contribution in [0.5, 0.6) is 0 Å². The first-order valence-electron chi connectivity index (χ1n) is 6.06. The van der Waals surface area contributed by atoms with Gasteiger partial charge in [-0.15, -0.1) is 0 Å². The Morgan fingerprint density at radius 3 is 1.60 bits per heavy atom. The van der Waals surface area contributed by atoms with Crippen LogP contribution in [0.15, 0.2) is 54.6 Å². The minimum absolute atomic E-state index is 0. The molecule has 3 rings (SSSR count). The standard InChI is InChI=1S/C7H6O2.C6H5N3.2Na.H3O4P/c8-7(9)6-4-2-1-3-5-6;1-2-4-6-5(3-1)7-9-8-6;;;1-5(2,3)4/h1-5H,(H,8,9);1-4H,(H,7,8,9);;;(H3,1,2,3,4)/q;;2*+1;/p-2. The van der Waals surface area contributed by atoms with Crippen LogP contribution < -0.4 is 68.9 Å². The molecule has 0 aliphatic carbocycles. The summed E-state index contributed by atoms with van der Waals surface area (Å²) >= 11 is 0. The molecular formula is C13H12N3Na2O6P. The number of aromatic carboxylic acids is 1. The van der Waals surface area contributed by atoms with Gasteiger partial charge in [-0.3, -0.25) is 0 Å². The molecule has 122 valence electrons. The molecule has 0 aliphatic rings. The molecule has 0 saturated heterocycles. The van der Waals surface area contributed by atoms with Gasteiger partial charge in [0.05, 0.1) is 13.4 Å². The second-order valence-corrected chi connectivity index (χ2v) is 4.89. The number of aromatic nitrogens is 3. The Bertz CT molecular complexity index is 758. The summed E-state index contributed by atoms with van der Waals surface area (Å²) in [5.41, 5.74) is 2.16. The third kappa shape index (κ3) is 13.3. The number of para-hydroxylation sites is 2. The number of carboxylic acids is 1. The number of benzene rings is 2. The van der Waals surface area contributed by atoms with E-state index in [-0.39, 0.29) is 59.1 Å². The molecule has 0 spiro atoms. The predicted molar refractivity (Wildman–Crippen MR) is 77.1 cm³/mol. The molecule has 3 N–H and O–H groups in total. The maximum Gasteiger partial charge on any atom is 1.00 e. The second kappa shape index (κ2) is 13.6. The van der Waals surface area contributed by atoms with Crippen LogP contribution in [0.3, 0.4) is 0 Å². The summed E-state index contributed by atoms with van der Waals surface area (Å²) in [5, 5.41) is 18.7. The molecule has 1 aromatic heterocycles. The van der Waals surface area contributed by atoms with E-state index in [1.165, 1.54) is 0 Å². The smallest absolute Gasteiger partial charge is 0.790 e. The molecule has 9 nitrogen and oxygen atoms in total. The van der Waals surface area contributed by atoms with Crippen molar-refractivity contribution in [1.82, 2.24) is 15.4 Å². The van der Waals surface area contributed by atoms with Gasteiger partial charge < -0.3 is 24.4 Å². The van der Waals surface area contributed by atoms with Crippen LogP contribution in [0.2, 0.25) is 0 Å². The third-order valence-corrected chi connectivity index (χ3v) is 2.24. The average Bonchev–Trinajstić information content (AvgIpc) is 2.95. The van der Waals surface area contributed by atoms with Gasteiger partial charge in [0.25, 0.3) is 0 Å². The van der Waals surface area contributed by atoms with Crippen molar-refractivity contribution >= 4 is 24.8 Å². The minimum atomic E-state index is -5.14. The second-order valence-electron chi connectivity index (χ2n) is 3.95. The summed E-state index contributed by atoms with van der Waals surface area (Å²) < 4.78 is 8.66. The molecule has 0 unspecified atom stereocenters. The van der Waals surface area contributed by atoms with E-state index in [0.717, 1.165) is 11.0 Å². The van der Waals surface area contributed by atoms with Crippen molar-refractivity contribution in [3.8, 4) is 0 Å². The van der Waals surface area contributed by atoms with E-state index in [0.29, 0.717) is 5.56 Å². The van der Waals surface area contributed by atoms with Crippen molar-refractivity contribution in [3.63, 3.8) is 0 Å². The Morgan fingerprint density at radius 2 is 1.28 bits per heavy atom. The summed E-state index contributed by atoms with van der Waals surface area (Å²) in [4.78, 5) is 34.5. The molecule has 0 radical (unpaired) electrons. The Balaban J connectivity index is 0. The Kier molecular flexibility index (Phi) is 14.5. The fourth-order valence-electron chi connectivity index (χ4n) is 1.37. The van der Waals surface area contributed by atoms with Crippen LogP contribution in [0.1, 0.15) is 10.4 Å². The summed E-state index contributed by atoms with van der Waals surface area (Å²) in [6, 6.07) is 16.0. The van der Waals surface area contributed by atoms with Gasteiger partial charge >= 0.3 is 65.1 Å². The number of fused-ring (bicyclic) bond motifs is 1. The largest absolute Gasteiger partial charge is 1.00 e. The van der Waals surface area contributed by atoms with Crippen molar-refractivity contribution in [2.75, 3.05) is 0 Å². The molecule has 0 saturated carbocycles. The van der Waals surface area contributed by atoms with Crippen LogP contribution in [0.25, 0.3) is 11.0 Å². The maximum atomic E-state index is 10.2. The summed E-state index contributed by atoms with van der Waals surface area (Å²) in [5.74, 6) is -0.879. The quantitative estimate of drug-likeness (QED) is 0.276. The van der Waals surface area contributed by atoms with Gasteiger partial charge in [0, 0.05) is 0 Å². The molecule has 0 atom stereocenters. The molecule has 12 heteroatoms. The van der Waals surface area contributed by atoms with Crippen molar-refractivity contribution in [3.05, 3.63) is 60.2 Å². The number of nitrogens with zero attached hydrogens (tertiary/aromatic N) is 2. The van der Waals surface area contributed by atoms with Gasteiger partial charge in [-0.25, -0.2) is 4.79 Å². The number of hydrogen-bond donors (Lipinski definition) is 3. The Hall–Kier alpha value is -0.580. The first-order valence-corrected chi connectivity index (χ1v) is 7.55. The SMILES string of the molecule is O=C(O)c1ccccc1.O=P([O-])([O-])O.[Na+].[Na+].c1ccc2n[nH]nc2c1. The zero-order chi connectivity index (χ0) is 17.3. The van der Waals surface area contributed by atoms with Crippen LogP contribution in [0, 0.1) is 0 Å². The van der Waals surface area contributed by atoms with Gasteiger partial charge in [0.15, 0.2) is 0 Å². The first-order chi connectivity index (χ1) is 10.8. The minimum Gasteiger partial charge on any atom is -0.790 e. The van der Waals surface area contributed by atoms with E-state index in [1.54, 1.807) is 30.3 Å². The zero-order valence-electron chi connectivity index (χ0n) is 13.6. The molecule has 2 aromatic carbocycles. The third-order valence-electron chi connectivity index (χ3n) is 2.24. The summed E-state index contributed by atoms with van der Waals surface area (Å²) in [7, 11) is -5.14. The van der Waals surface area contributed by atoms with Crippen LogP contribution in [-0.4, -0.2) is 31.4 Å². The number of carbonyl (C=O) groups is 1. The van der Waals surface area contributed by atoms with Crippen molar-refractivity contribution in [2.45, 2.75) is 0 Å². The molecule has 0 aliphatic heterocycles. The predicted octanol–water partition coefficient (Wildman–Crippen LogP) is -5.84. The number of phosphoric acid groups is 1. The molecule has 3 aromatic rings. The first kappa shape index (κ1) is 26.6. The number of nitrogens with one attached hydrogen (secondary N) is 1. The molecule has 0 amide bonds. The van der Waals surface area contributed by atoms with Gasteiger partial charge in [-0.1, -0.05) is 30.3 Å².